The van der Waals surface area contributed by atoms with Gasteiger partial charge in [-0.25, -0.2) is 0 Å². The molecule has 0 bridgehead atoms. The standard InChI is InChI=1S/C4H10.Al.3H/c1-4(2)3;;;;/h4H,1-3H3;;;;. The van der Waals surface area contributed by atoms with Crippen molar-refractivity contribution in [3.63, 3.8) is 0 Å². The molecule has 0 saturated heterocycles. The van der Waals surface area contributed by atoms with Gasteiger partial charge >= 0.3 is 0 Å². The summed E-state index contributed by atoms with van der Waals surface area (Å²) >= 11 is 0. The molecule has 0 fully saturated rings. The maximum atomic E-state index is 2.17. The van der Waals surface area contributed by atoms with E-state index in [1.807, 2.05) is 0 Å². The molecule has 0 aliphatic carbocycles. The zero-order valence-electron chi connectivity index (χ0n) is 3.58. The van der Waals surface area contributed by atoms with Crippen molar-refractivity contribution in [3.8, 4) is 0 Å². The fourth-order valence-corrected chi connectivity index (χ4v) is 0. The highest BCUT2D eigenvalue weighted by atomic mass is 27.0. The predicted molar refractivity (Wildman–Crippen MR) is 30.5 cm³/mol. The third kappa shape index (κ3) is 103. The van der Waals surface area contributed by atoms with E-state index in [0.29, 0.717) is 0 Å². The van der Waals surface area contributed by atoms with E-state index >= 15 is 0 Å². The fourth-order valence-electron chi connectivity index (χ4n) is 0. The number of hydrogen-bond acceptors (Lipinski definition) is 0. The second kappa shape index (κ2) is 4.53. The minimum absolute atomic E-state index is 0. The molecule has 0 aromatic carbocycles. The summed E-state index contributed by atoms with van der Waals surface area (Å²) in [4.78, 5) is 0. The summed E-state index contributed by atoms with van der Waals surface area (Å²) in [6.07, 6.45) is 0. The summed E-state index contributed by atoms with van der Waals surface area (Å²) < 4.78 is 0. The molecule has 0 aromatic heterocycles. The van der Waals surface area contributed by atoms with Crippen LogP contribution in [0.2, 0.25) is 0 Å². The molecule has 0 spiro atoms. The number of hydrogen-bond donors (Lipinski definition) is 0. The number of rotatable bonds is 0. The molecule has 0 unspecified atom stereocenters. The van der Waals surface area contributed by atoms with Crippen LogP contribution in [-0.4, -0.2) is 17.4 Å². The van der Waals surface area contributed by atoms with E-state index in [1.165, 1.54) is 0 Å². The zero-order chi connectivity index (χ0) is 3.58. The largest absolute Gasteiger partial charge is 0.187 e. The van der Waals surface area contributed by atoms with Crippen molar-refractivity contribution in [1.29, 1.82) is 0 Å². The fraction of sp³-hybridized carbons (Fsp3) is 1.00. The van der Waals surface area contributed by atoms with E-state index < -0.39 is 0 Å². The first-order chi connectivity index (χ1) is 1.73. The summed E-state index contributed by atoms with van der Waals surface area (Å²) in [6, 6.07) is 0. The van der Waals surface area contributed by atoms with E-state index in [4.69, 9.17) is 0 Å². The van der Waals surface area contributed by atoms with Crippen molar-refractivity contribution < 1.29 is 0 Å². The molecular weight excluding hydrogens is 75.0 g/mol. The molecule has 0 atom stereocenters. The van der Waals surface area contributed by atoms with Gasteiger partial charge in [0.2, 0.25) is 0 Å². The van der Waals surface area contributed by atoms with Crippen molar-refractivity contribution in [2.24, 2.45) is 5.92 Å². The second-order valence-electron chi connectivity index (χ2n) is 1.73. The van der Waals surface area contributed by atoms with Crippen molar-refractivity contribution in [3.05, 3.63) is 0 Å². The Morgan fingerprint density at radius 2 is 1.00 bits per heavy atom. The lowest BCUT2D eigenvalue weighted by Gasteiger charge is -1.79. The second-order valence-corrected chi connectivity index (χ2v) is 1.73. The van der Waals surface area contributed by atoms with Gasteiger partial charge in [-0.2, -0.15) is 0 Å². The van der Waals surface area contributed by atoms with Crippen LogP contribution < -0.4 is 0 Å². The zero-order valence-corrected chi connectivity index (χ0v) is 3.58. The Morgan fingerprint density at radius 1 is 1.00 bits per heavy atom. The predicted octanol–water partition coefficient (Wildman–Crippen LogP) is 0.478. The van der Waals surface area contributed by atoms with Gasteiger partial charge in [-0.3, -0.25) is 0 Å². The first-order valence-electron chi connectivity index (χ1n) is 1.73. The van der Waals surface area contributed by atoms with E-state index in [9.17, 15) is 0 Å². The van der Waals surface area contributed by atoms with E-state index in [2.05, 4.69) is 20.8 Å². The molecule has 0 aliphatic rings. The van der Waals surface area contributed by atoms with E-state index in [1.54, 1.807) is 0 Å². The molecule has 0 amide bonds. The molecule has 0 N–H and O–H groups in total. The summed E-state index contributed by atoms with van der Waals surface area (Å²) in [6.45, 7) is 6.50. The van der Waals surface area contributed by atoms with Gasteiger partial charge in [0.15, 0.2) is 17.4 Å². The third-order valence-corrected chi connectivity index (χ3v) is 0. The SMILES string of the molecule is CC(C)C.[AlH3]. The molecule has 0 rings (SSSR count). The Kier molecular flexibility index (Phi) is 8.26. The van der Waals surface area contributed by atoms with Gasteiger partial charge in [-0.1, -0.05) is 20.8 Å². The lowest BCUT2D eigenvalue weighted by molar-refractivity contribution is 0.737. The summed E-state index contributed by atoms with van der Waals surface area (Å²) in [5.41, 5.74) is 0. The Bertz CT molecular complexity index is 8.36. The van der Waals surface area contributed by atoms with Gasteiger partial charge in [-0.15, -0.1) is 0 Å². The molecule has 1 heteroatoms. The average molecular weight is 88.1 g/mol. The van der Waals surface area contributed by atoms with Crippen LogP contribution in [0.3, 0.4) is 0 Å². The Labute approximate surface area is 44.7 Å². The van der Waals surface area contributed by atoms with Crippen LogP contribution in [0.15, 0.2) is 0 Å². The smallest absolute Gasteiger partial charge is 0.0630 e. The van der Waals surface area contributed by atoms with Crippen LogP contribution in [0.5, 0.6) is 0 Å². The average Bonchev–Trinajstić information content (AvgIpc) is 0.811. The first kappa shape index (κ1) is 9.11. The molecule has 0 radical (unpaired) electrons. The van der Waals surface area contributed by atoms with Crippen molar-refractivity contribution >= 4 is 17.4 Å². The summed E-state index contributed by atoms with van der Waals surface area (Å²) in [5.74, 6) is 0.833. The minimum atomic E-state index is 0. The van der Waals surface area contributed by atoms with E-state index in [-0.39, 0.29) is 17.4 Å². The highest BCUT2D eigenvalue weighted by Gasteiger charge is 1.68. The van der Waals surface area contributed by atoms with Crippen LogP contribution in [0.4, 0.5) is 0 Å². The molecule has 0 heterocycles. The van der Waals surface area contributed by atoms with Gasteiger partial charge in [0, 0.05) is 0 Å². The van der Waals surface area contributed by atoms with Gasteiger partial charge < -0.3 is 0 Å². The monoisotopic (exact) mass is 88.1 g/mol. The highest BCUT2D eigenvalue weighted by molar-refractivity contribution is 5.75. The van der Waals surface area contributed by atoms with Gasteiger partial charge in [-0.05, 0) is 5.92 Å². The molecule has 5 heavy (non-hydrogen) atoms. The van der Waals surface area contributed by atoms with Gasteiger partial charge in [0.25, 0.3) is 0 Å². The highest BCUT2D eigenvalue weighted by Crippen LogP contribution is 1.81. The van der Waals surface area contributed by atoms with Crippen LogP contribution in [0.25, 0.3) is 0 Å². The molecule has 0 saturated carbocycles. The van der Waals surface area contributed by atoms with Crippen molar-refractivity contribution in [1.82, 2.24) is 0 Å². The molecular formula is C4H13Al. The third-order valence-electron chi connectivity index (χ3n) is 0. The summed E-state index contributed by atoms with van der Waals surface area (Å²) in [5, 5.41) is 0. The van der Waals surface area contributed by atoms with Gasteiger partial charge in [0.1, 0.15) is 0 Å². The molecule has 0 nitrogen and oxygen atoms in total. The Morgan fingerprint density at radius 3 is 1.00 bits per heavy atom. The minimum Gasteiger partial charge on any atom is -0.0630 e. The quantitative estimate of drug-likeness (QED) is 0.378. The Balaban J connectivity index is 0. The molecule has 32 valence electrons. The van der Waals surface area contributed by atoms with Crippen LogP contribution >= 0.6 is 0 Å². The maximum absolute atomic E-state index is 2.17. The van der Waals surface area contributed by atoms with Crippen molar-refractivity contribution in [2.75, 3.05) is 0 Å². The van der Waals surface area contributed by atoms with Crippen molar-refractivity contribution in [2.45, 2.75) is 20.8 Å². The van der Waals surface area contributed by atoms with Crippen LogP contribution in [-0.2, 0) is 0 Å². The van der Waals surface area contributed by atoms with Crippen LogP contribution in [0, 0.1) is 5.92 Å². The van der Waals surface area contributed by atoms with E-state index in [0.717, 1.165) is 5.92 Å². The Hall–Kier alpha value is 0.532. The normalized spacial score (nSPS) is 7.20. The molecule has 0 aliphatic heterocycles. The molecule has 0 aromatic rings. The topological polar surface area (TPSA) is 0 Å². The van der Waals surface area contributed by atoms with Gasteiger partial charge in [0.05, 0.1) is 0 Å². The lowest BCUT2D eigenvalue weighted by atomic mass is 10.3. The maximum Gasteiger partial charge on any atom is 0.187 e. The first-order valence-corrected chi connectivity index (χ1v) is 1.73. The summed E-state index contributed by atoms with van der Waals surface area (Å²) in [7, 11) is 0. The van der Waals surface area contributed by atoms with Crippen LogP contribution in [0.1, 0.15) is 20.8 Å². The lowest BCUT2D eigenvalue weighted by Crippen LogP contribution is -1.66.